The maximum Gasteiger partial charge on any atom is 0.225 e. The molecule has 1 unspecified atom stereocenters. The highest BCUT2D eigenvalue weighted by Gasteiger charge is 2.38. The van der Waals surface area contributed by atoms with Crippen LogP contribution in [0.1, 0.15) is 47.3 Å². The second-order valence-electron chi connectivity index (χ2n) is 8.03. The van der Waals surface area contributed by atoms with Crippen LogP contribution in [0.4, 0.5) is 0 Å². The standard InChI is InChI=1S/C24H31NO3/c1-15-13-21(28-5)17(3)22-19(15)11-12-20(23(22)26)16(2)24(27)25(4)14-18-9-7-6-8-10-18/h6-10,13,16,20,23,26H,11-12,14H2,1-5H3/t16-,20?,23+/m0/s1. The summed E-state index contributed by atoms with van der Waals surface area (Å²) in [6.45, 7) is 6.59. The number of hydrogen-bond donors (Lipinski definition) is 1. The molecule has 3 rings (SSSR count). The van der Waals surface area contributed by atoms with Crippen LogP contribution >= 0.6 is 0 Å². The van der Waals surface area contributed by atoms with Crippen molar-refractivity contribution in [3.63, 3.8) is 0 Å². The maximum atomic E-state index is 13.1. The first kappa shape index (κ1) is 20.4. The van der Waals surface area contributed by atoms with E-state index in [0.29, 0.717) is 6.54 Å². The molecule has 28 heavy (non-hydrogen) atoms. The number of hydrogen-bond acceptors (Lipinski definition) is 3. The number of fused-ring (bicyclic) bond motifs is 1. The molecule has 0 aliphatic heterocycles. The molecule has 1 aliphatic rings. The predicted molar refractivity (Wildman–Crippen MR) is 111 cm³/mol. The van der Waals surface area contributed by atoms with Crippen LogP contribution in [0.15, 0.2) is 36.4 Å². The number of aryl methyl sites for hydroxylation is 1. The van der Waals surface area contributed by atoms with Gasteiger partial charge in [-0.3, -0.25) is 4.79 Å². The third kappa shape index (κ3) is 3.79. The molecule has 1 amide bonds. The van der Waals surface area contributed by atoms with Gasteiger partial charge in [-0.2, -0.15) is 0 Å². The van der Waals surface area contributed by atoms with Crippen LogP contribution < -0.4 is 4.74 Å². The summed E-state index contributed by atoms with van der Waals surface area (Å²) in [7, 11) is 3.50. The number of carbonyl (C=O) groups is 1. The molecule has 4 heteroatoms. The topological polar surface area (TPSA) is 49.8 Å². The summed E-state index contributed by atoms with van der Waals surface area (Å²) in [5.41, 5.74) is 5.40. The van der Waals surface area contributed by atoms with E-state index in [1.807, 2.05) is 57.3 Å². The molecule has 3 atom stereocenters. The summed E-state index contributed by atoms with van der Waals surface area (Å²) in [5.74, 6) is 0.538. The van der Waals surface area contributed by atoms with Gasteiger partial charge in [0.05, 0.1) is 13.2 Å². The van der Waals surface area contributed by atoms with E-state index in [-0.39, 0.29) is 17.7 Å². The van der Waals surface area contributed by atoms with Gasteiger partial charge in [0.2, 0.25) is 5.91 Å². The fourth-order valence-electron chi connectivity index (χ4n) is 4.58. The zero-order valence-electron chi connectivity index (χ0n) is 17.5. The van der Waals surface area contributed by atoms with Crippen LogP contribution in [-0.4, -0.2) is 30.1 Å². The number of amides is 1. The first-order valence-electron chi connectivity index (χ1n) is 9.99. The molecule has 0 spiro atoms. The zero-order valence-corrected chi connectivity index (χ0v) is 17.5. The van der Waals surface area contributed by atoms with Gasteiger partial charge in [-0.15, -0.1) is 0 Å². The number of aliphatic hydroxyl groups excluding tert-OH is 1. The Hall–Kier alpha value is -2.33. The molecular weight excluding hydrogens is 350 g/mol. The summed E-state index contributed by atoms with van der Waals surface area (Å²) in [6.07, 6.45) is 1.04. The van der Waals surface area contributed by atoms with E-state index in [0.717, 1.165) is 40.8 Å². The second kappa shape index (κ2) is 8.36. The lowest BCUT2D eigenvalue weighted by Gasteiger charge is -2.37. The lowest BCUT2D eigenvalue weighted by molar-refractivity contribution is -0.138. The van der Waals surface area contributed by atoms with Crippen molar-refractivity contribution in [3.8, 4) is 5.75 Å². The molecule has 1 aliphatic carbocycles. The minimum Gasteiger partial charge on any atom is -0.496 e. The Morgan fingerprint density at radius 3 is 2.61 bits per heavy atom. The van der Waals surface area contributed by atoms with Gasteiger partial charge in [-0.25, -0.2) is 0 Å². The number of rotatable bonds is 5. The second-order valence-corrected chi connectivity index (χ2v) is 8.03. The van der Waals surface area contributed by atoms with Gasteiger partial charge in [-0.05, 0) is 60.6 Å². The Labute approximate surface area is 168 Å². The van der Waals surface area contributed by atoms with Crippen molar-refractivity contribution in [2.24, 2.45) is 11.8 Å². The quantitative estimate of drug-likeness (QED) is 0.844. The van der Waals surface area contributed by atoms with Crippen molar-refractivity contribution in [3.05, 3.63) is 64.2 Å². The average molecular weight is 382 g/mol. The third-order valence-electron chi connectivity index (χ3n) is 6.24. The summed E-state index contributed by atoms with van der Waals surface area (Å²) >= 11 is 0. The van der Waals surface area contributed by atoms with Gasteiger partial charge in [0, 0.05) is 25.4 Å². The van der Waals surface area contributed by atoms with Crippen molar-refractivity contribution >= 4 is 5.91 Å². The van der Waals surface area contributed by atoms with Crippen molar-refractivity contribution < 1.29 is 14.6 Å². The molecule has 0 fully saturated rings. The number of methoxy groups -OCH3 is 1. The summed E-state index contributed by atoms with van der Waals surface area (Å²) in [5, 5.41) is 11.2. The highest BCUT2D eigenvalue weighted by atomic mass is 16.5. The maximum absolute atomic E-state index is 13.1. The number of aliphatic hydroxyl groups is 1. The minimum absolute atomic E-state index is 0.0774. The number of nitrogens with zero attached hydrogens (tertiary/aromatic N) is 1. The number of carbonyl (C=O) groups excluding carboxylic acids is 1. The largest absolute Gasteiger partial charge is 0.496 e. The molecule has 0 heterocycles. The zero-order chi connectivity index (χ0) is 20.4. The van der Waals surface area contributed by atoms with Crippen LogP contribution in [0, 0.1) is 25.7 Å². The SMILES string of the molecule is COc1cc(C)c2c(c1C)[C@H](O)C([C@H](C)C(=O)N(C)Cc1ccccc1)CC2. The van der Waals surface area contributed by atoms with Crippen LogP contribution in [-0.2, 0) is 17.8 Å². The Bertz CT molecular complexity index is 847. The number of benzene rings is 2. The highest BCUT2D eigenvalue weighted by molar-refractivity contribution is 5.78. The van der Waals surface area contributed by atoms with Crippen molar-refractivity contribution in [1.29, 1.82) is 0 Å². The molecule has 4 nitrogen and oxygen atoms in total. The van der Waals surface area contributed by atoms with Crippen LogP contribution in [0.25, 0.3) is 0 Å². The molecule has 0 aromatic heterocycles. The minimum atomic E-state index is -0.651. The molecule has 2 aromatic rings. The van der Waals surface area contributed by atoms with Gasteiger partial charge >= 0.3 is 0 Å². The van der Waals surface area contributed by atoms with Gasteiger partial charge in [-0.1, -0.05) is 37.3 Å². The Balaban J connectivity index is 1.81. The summed E-state index contributed by atoms with van der Waals surface area (Å²) in [4.78, 5) is 14.8. The normalized spacial score (nSPS) is 19.6. The van der Waals surface area contributed by atoms with E-state index in [1.165, 1.54) is 5.56 Å². The Kier molecular flexibility index (Phi) is 6.09. The molecule has 2 aromatic carbocycles. The fraction of sp³-hybridized carbons (Fsp3) is 0.458. The van der Waals surface area contributed by atoms with E-state index in [2.05, 4.69) is 6.92 Å². The van der Waals surface area contributed by atoms with Gasteiger partial charge in [0.15, 0.2) is 0 Å². The van der Waals surface area contributed by atoms with E-state index >= 15 is 0 Å². The van der Waals surface area contributed by atoms with Gasteiger partial charge in [0.25, 0.3) is 0 Å². The molecule has 1 N–H and O–H groups in total. The van der Waals surface area contributed by atoms with Crippen LogP contribution in [0.2, 0.25) is 0 Å². The highest BCUT2D eigenvalue weighted by Crippen LogP contribution is 2.44. The predicted octanol–water partition coefficient (Wildman–Crippen LogP) is 4.20. The third-order valence-corrected chi connectivity index (χ3v) is 6.24. The van der Waals surface area contributed by atoms with Crippen molar-refractivity contribution in [2.75, 3.05) is 14.2 Å². The van der Waals surface area contributed by atoms with Gasteiger partial charge < -0.3 is 14.7 Å². The van der Waals surface area contributed by atoms with E-state index in [9.17, 15) is 9.90 Å². The van der Waals surface area contributed by atoms with E-state index in [1.54, 1.807) is 12.0 Å². The average Bonchev–Trinajstić information content (AvgIpc) is 2.70. The summed E-state index contributed by atoms with van der Waals surface area (Å²) in [6, 6.07) is 12.0. The Morgan fingerprint density at radius 1 is 1.29 bits per heavy atom. The smallest absolute Gasteiger partial charge is 0.225 e. The molecule has 0 radical (unpaired) electrons. The Morgan fingerprint density at radius 2 is 1.96 bits per heavy atom. The number of ether oxygens (including phenoxy) is 1. The molecular formula is C24H31NO3. The lowest BCUT2D eigenvalue weighted by Crippen LogP contribution is -2.38. The van der Waals surface area contributed by atoms with E-state index in [4.69, 9.17) is 4.74 Å². The van der Waals surface area contributed by atoms with Crippen LogP contribution in [0.3, 0.4) is 0 Å². The summed E-state index contributed by atoms with van der Waals surface area (Å²) < 4.78 is 5.50. The molecule has 150 valence electrons. The first-order chi connectivity index (χ1) is 13.3. The molecule has 0 saturated carbocycles. The van der Waals surface area contributed by atoms with Crippen molar-refractivity contribution in [1.82, 2.24) is 4.90 Å². The lowest BCUT2D eigenvalue weighted by atomic mass is 9.72. The molecule has 0 bridgehead atoms. The monoisotopic (exact) mass is 381 g/mol. The molecule has 0 saturated heterocycles. The van der Waals surface area contributed by atoms with Crippen LogP contribution in [0.5, 0.6) is 5.75 Å². The first-order valence-corrected chi connectivity index (χ1v) is 9.99. The van der Waals surface area contributed by atoms with Crippen molar-refractivity contribution in [2.45, 2.75) is 46.3 Å². The van der Waals surface area contributed by atoms with Gasteiger partial charge in [0.1, 0.15) is 5.75 Å². The van der Waals surface area contributed by atoms with E-state index < -0.39 is 6.10 Å². The fourth-order valence-corrected chi connectivity index (χ4v) is 4.58.